The second-order valence-electron chi connectivity index (χ2n) is 3.47. The van der Waals surface area contributed by atoms with Crippen LogP contribution in [0.1, 0.15) is 19.8 Å². The number of carbonyl (C=O) groups excluding carboxylic acids is 1. The van der Waals surface area contributed by atoms with Crippen molar-refractivity contribution in [1.82, 2.24) is 0 Å². The molecule has 0 bridgehead atoms. The van der Waals surface area contributed by atoms with Crippen molar-refractivity contribution in [3.63, 3.8) is 0 Å². The van der Waals surface area contributed by atoms with E-state index in [1.807, 2.05) is 0 Å². The molecule has 14 heavy (non-hydrogen) atoms. The summed E-state index contributed by atoms with van der Waals surface area (Å²) in [7, 11) is 0. The van der Waals surface area contributed by atoms with Crippen LogP contribution in [0.4, 0.5) is 8.78 Å². The molecule has 3 atom stereocenters. The molecule has 6 heteroatoms. The molecule has 0 aliphatic heterocycles. The van der Waals surface area contributed by atoms with Gasteiger partial charge in [0.25, 0.3) is 0 Å². The van der Waals surface area contributed by atoms with Crippen molar-refractivity contribution in [3.8, 4) is 0 Å². The minimum absolute atomic E-state index is 0.199. The first kappa shape index (κ1) is 11.3. The van der Waals surface area contributed by atoms with E-state index in [2.05, 4.69) is 4.74 Å². The molecule has 0 amide bonds. The van der Waals surface area contributed by atoms with Gasteiger partial charge in [0.2, 0.25) is 0 Å². The Morgan fingerprint density at radius 2 is 2.00 bits per heavy atom. The standard InChI is InChI=1S/C8H12F2O4/c1-8(9,10)7(13)14-5-3-2-4(11)6(5)12/h4-6,11-12H,2-3H2,1H3. The molecule has 1 aliphatic carbocycles. The molecule has 0 radical (unpaired) electrons. The van der Waals surface area contributed by atoms with E-state index in [1.54, 1.807) is 0 Å². The summed E-state index contributed by atoms with van der Waals surface area (Å²) >= 11 is 0. The van der Waals surface area contributed by atoms with Crippen LogP contribution in [-0.2, 0) is 9.53 Å². The van der Waals surface area contributed by atoms with Crippen LogP contribution in [0.2, 0.25) is 0 Å². The number of hydrogen-bond acceptors (Lipinski definition) is 4. The quantitative estimate of drug-likeness (QED) is 0.633. The highest BCUT2D eigenvalue weighted by atomic mass is 19.3. The van der Waals surface area contributed by atoms with Gasteiger partial charge in [-0.2, -0.15) is 8.78 Å². The van der Waals surface area contributed by atoms with Crippen LogP contribution in [0, 0.1) is 0 Å². The molecule has 3 unspecified atom stereocenters. The number of esters is 1. The summed E-state index contributed by atoms with van der Waals surface area (Å²) in [5, 5.41) is 18.3. The first-order chi connectivity index (χ1) is 6.32. The highest BCUT2D eigenvalue weighted by Crippen LogP contribution is 2.25. The van der Waals surface area contributed by atoms with Crippen molar-refractivity contribution in [2.75, 3.05) is 0 Å². The lowest BCUT2D eigenvalue weighted by Crippen LogP contribution is -2.37. The first-order valence-corrected chi connectivity index (χ1v) is 4.27. The fourth-order valence-electron chi connectivity index (χ4n) is 1.29. The van der Waals surface area contributed by atoms with Gasteiger partial charge in [-0.05, 0) is 12.8 Å². The third-order valence-corrected chi connectivity index (χ3v) is 2.14. The SMILES string of the molecule is CC(F)(F)C(=O)OC1CCC(O)C1O. The Morgan fingerprint density at radius 3 is 2.36 bits per heavy atom. The van der Waals surface area contributed by atoms with Crippen molar-refractivity contribution < 1.29 is 28.5 Å². The van der Waals surface area contributed by atoms with Crippen molar-refractivity contribution in [3.05, 3.63) is 0 Å². The normalized spacial score (nSPS) is 33.1. The molecular weight excluding hydrogens is 198 g/mol. The third kappa shape index (κ3) is 2.39. The van der Waals surface area contributed by atoms with Crippen LogP contribution in [0.3, 0.4) is 0 Å². The second kappa shape index (κ2) is 3.78. The van der Waals surface area contributed by atoms with E-state index >= 15 is 0 Å². The van der Waals surface area contributed by atoms with Gasteiger partial charge in [0, 0.05) is 6.92 Å². The van der Waals surface area contributed by atoms with E-state index in [-0.39, 0.29) is 12.8 Å². The molecule has 0 aromatic rings. The number of carbonyl (C=O) groups is 1. The molecule has 4 nitrogen and oxygen atoms in total. The molecule has 0 aromatic carbocycles. The lowest BCUT2D eigenvalue weighted by molar-refractivity contribution is -0.180. The molecule has 82 valence electrons. The molecule has 0 spiro atoms. The molecule has 2 N–H and O–H groups in total. The average Bonchev–Trinajstić information content (AvgIpc) is 2.34. The zero-order valence-corrected chi connectivity index (χ0v) is 7.61. The van der Waals surface area contributed by atoms with Gasteiger partial charge in [-0.3, -0.25) is 0 Å². The first-order valence-electron chi connectivity index (χ1n) is 4.27. The highest BCUT2D eigenvalue weighted by Gasteiger charge is 2.41. The predicted molar refractivity (Wildman–Crippen MR) is 41.7 cm³/mol. The maximum absolute atomic E-state index is 12.4. The van der Waals surface area contributed by atoms with Crippen LogP contribution in [-0.4, -0.2) is 40.4 Å². The average molecular weight is 210 g/mol. The number of halogens is 2. The topological polar surface area (TPSA) is 66.8 Å². The van der Waals surface area contributed by atoms with Crippen LogP contribution in [0.25, 0.3) is 0 Å². The summed E-state index contributed by atoms with van der Waals surface area (Å²) in [6.07, 6.45) is -2.85. The summed E-state index contributed by atoms with van der Waals surface area (Å²) in [6, 6.07) is 0. The monoisotopic (exact) mass is 210 g/mol. The minimum Gasteiger partial charge on any atom is -0.455 e. The Balaban J connectivity index is 2.50. The van der Waals surface area contributed by atoms with Crippen molar-refractivity contribution in [1.29, 1.82) is 0 Å². The van der Waals surface area contributed by atoms with Crippen molar-refractivity contribution in [2.45, 2.75) is 44.0 Å². The third-order valence-electron chi connectivity index (χ3n) is 2.14. The van der Waals surface area contributed by atoms with E-state index < -0.39 is 30.2 Å². The molecule has 1 fully saturated rings. The number of ether oxygens (including phenoxy) is 1. The smallest absolute Gasteiger partial charge is 0.377 e. The summed E-state index contributed by atoms with van der Waals surface area (Å²) in [4.78, 5) is 10.7. The van der Waals surface area contributed by atoms with Gasteiger partial charge in [-0.15, -0.1) is 0 Å². The summed E-state index contributed by atoms with van der Waals surface area (Å²) in [5.41, 5.74) is 0. The number of aliphatic hydroxyl groups excluding tert-OH is 2. The summed E-state index contributed by atoms with van der Waals surface area (Å²) in [5.74, 6) is -5.23. The molecule has 1 aliphatic rings. The zero-order valence-electron chi connectivity index (χ0n) is 7.61. The molecule has 0 saturated heterocycles. The lowest BCUT2D eigenvalue weighted by Gasteiger charge is -2.19. The number of rotatable bonds is 2. The van der Waals surface area contributed by atoms with Gasteiger partial charge in [-0.1, -0.05) is 0 Å². The maximum atomic E-state index is 12.4. The van der Waals surface area contributed by atoms with Crippen LogP contribution >= 0.6 is 0 Å². The predicted octanol–water partition coefficient (Wildman–Crippen LogP) is 0.0690. The van der Waals surface area contributed by atoms with Crippen LogP contribution in [0.15, 0.2) is 0 Å². The Hall–Kier alpha value is -0.750. The van der Waals surface area contributed by atoms with Crippen molar-refractivity contribution in [2.24, 2.45) is 0 Å². The number of aliphatic hydroxyl groups is 2. The highest BCUT2D eigenvalue weighted by molar-refractivity contribution is 5.77. The van der Waals surface area contributed by atoms with Crippen molar-refractivity contribution >= 4 is 5.97 Å². The molecule has 0 heterocycles. The van der Waals surface area contributed by atoms with E-state index in [1.165, 1.54) is 0 Å². The van der Waals surface area contributed by atoms with Gasteiger partial charge in [0.15, 0.2) is 0 Å². The van der Waals surface area contributed by atoms with Gasteiger partial charge in [0.1, 0.15) is 12.2 Å². The maximum Gasteiger partial charge on any atom is 0.377 e. The number of alkyl halides is 2. The van der Waals surface area contributed by atoms with E-state index in [0.29, 0.717) is 6.92 Å². The fraction of sp³-hybridized carbons (Fsp3) is 0.875. The van der Waals surface area contributed by atoms with Crippen LogP contribution < -0.4 is 0 Å². The van der Waals surface area contributed by atoms with E-state index in [9.17, 15) is 18.7 Å². The zero-order chi connectivity index (χ0) is 10.9. The van der Waals surface area contributed by atoms with Crippen LogP contribution in [0.5, 0.6) is 0 Å². The Labute approximate surface area is 79.5 Å². The van der Waals surface area contributed by atoms with Gasteiger partial charge in [0.05, 0.1) is 6.10 Å². The largest absolute Gasteiger partial charge is 0.455 e. The number of hydrogen-bond donors (Lipinski definition) is 2. The van der Waals surface area contributed by atoms with Gasteiger partial charge >= 0.3 is 11.9 Å². The van der Waals surface area contributed by atoms with E-state index in [4.69, 9.17) is 5.11 Å². The van der Waals surface area contributed by atoms with Gasteiger partial charge < -0.3 is 14.9 Å². The minimum atomic E-state index is -3.56. The molecule has 0 aromatic heterocycles. The lowest BCUT2D eigenvalue weighted by atomic mass is 10.2. The summed E-state index contributed by atoms with van der Waals surface area (Å²) < 4.78 is 29.1. The Bertz CT molecular complexity index is 226. The Morgan fingerprint density at radius 1 is 1.43 bits per heavy atom. The molecular formula is C8H12F2O4. The second-order valence-corrected chi connectivity index (χ2v) is 3.47. The fourth-order valence-corrected chi connectivity index (χ4v) is 1.29. The van der Waals surface area contributed by atoms with E-state index in [0.717, 1.165) is 0 Å². The van der Waals surface area contributed by atoms with Gasteiger partial charge in [-0.25, -0.2) is 4.79 Å². The summed E-state index contributed by atoms with van der Waals surface area (Å²) in [6.45, 7) is 0.424. The Kier molecular flexibility index (Phi) is 3.06. The molecule has 1 rings (SSSR count). The molecule has 1 saturated carbocycles.